The number of nitrogens with one attached hydrogen (secondary N) is 2. The number of hydrogen-bond donors (Lipinski definition) is 3. The van der Waals surface area contributed by atoms with Crippen molar-refractivity contribution >= 4 is 23.9 Å². The summed E-state index contributed by atoms with van der Waals surface area (Å²) in [6.07, 6.45) is -0.655. The molecule has 0 radical (unpaired) electrons. The van der Waals surface area contributed by atoms with Gasteiger partial charge < -0.3 is 25.8 Å². The second kappa shape index (κ2) is 13.6. The predicted octanol–water partition coefficient (Wildman–Crippen LogP) is 2.08. The standard InChI is InChI=1S/C25H31N3O6/c1-3-33-24(31)17(2)14-20(22(26)29)27-23(30)21(15-18-10-6-4-7-11-18)28-25(32)34-16-19-12-8-5-9-13-19/h4-13,17,20-21H,3,14-16H2,1-2H3,(H2,26,29)(H,27,30)(H,28,32)/t17-,20+,21-/m1/s1. The van der Waals surface area contributed by atoms with Crippen LogP contribution in [0.5, 0.6) is 0 Å². The topological polar surface area (TPSA) is 137 Å². The van der Waals surface area contributed by atoms with Gasteiger partial charge in [-0.15, -0.1) is 0 Å². The maximum absolute atomic E-state index is 13.0. The molecule has 2 aromatic carbocycles. The van der Waals surface area contributed by atoms with Gasteiger partial charge in [0, 0.05) is 6.42 Å². The summed E-state index contributed by atoms with van der Waals surface area (Å²) in [4.78, 5) is 49.4. The van der Waals surface area contributed by atoms with Gasteiger partial charge in [0.2, 0.25) is 11.8 Å². The fourth-order valence-electron chi connectivity index (χ4n) is 3.22. The lowest BCUT2D eigenvalue weighted by Gasteiger charge is -2.23. The summed E-state index contributed by atoms with van der Waals surface area (Å²) in [5.41, 5.74) is 7.04. The van der Waals surface area contributed by atoms with Crippen molar-refractivity contribution < 1.29 is 28.7 Å². The van der Waals surface area contributed by atoms with Gasteiger partial charge in [-0.3, -0.25) is 14.4 Å². The first kappa shape index (κ1) is 26.4. The molecule has 0 heterocycles. The van der Waals surface area contributed by atoms with E-state index in [0.717, 1.165) is 11.1 Å². The molecule has 0 unspecified atom stereocenters. The van der Waals surface area contributed by atoms with Crippen LogP contribution in [-0.2, 0) is 36.9 Å². The summed E-state index contributed by atoms with van der Waals surface area (Å²) in [7, 11) is 0. The van der Waals surface area contributed by atoms with E-state index in [1.807, 2.05) is 60.7 Å². The first-order valence-corrected chi connectivity index (χ1v) is 11.1. The van der Waals surface area contributed by atoms with Crippen LogP contribution in [0.4, 0.5) is 4.79 Å². The second-order valence-corrected chi connectivity index (χ2v) is 7.80. The van der Waals surface area contributed by atoms with E-state index in [1.165, 1.54) is 0 Å². The number of amides is 3. The quantitative estimate of drug-likeness (QED) is 0.407. The summed E-state index contributed by atoms with van der Waals surface area (Å²) < 4.78 is 10.2. The fraction of sp³-hybridized carbons (Fsp3) is 0.360. The van der Waals surface area contributed by atoms with Crippen molar-refractivity contribution in [2.45, 2.75) is 45.4 Å². The number of ether oxygens (including phenoxy) is 2. The average molecular weight is 470 g/mol. The van der Waals surface area contributed by atoms with E-state index in [-0.39, 0.29) is 26.1 Å². The fourth-order valence-corrected chi connectivity index (χ4v) is 3.22. The number of carbonyl (C=O) groups excluding carboxylic acids is 4. The molecule has 2 aromatic rings. The Hall–Kier alpha value is -3.88. The normalized spacial score (nSPS) is 13.1. The summed E-state index contributed by atoms with van der Waals surface area (Å²) in [5.74, 6) is -2.57. The Morgan fingerprint density at radius 3 is 2.00 bits per heavy atom. The van der Waals surface area contributed by atoms with E-state index >= 15 is 0 Å². The molecular weight excluding hydrogens is 438 g/mol. The molecule has 34 heavy (non-hydrogen) atoms. The molecule has 0 aliphatic rings. The Bertz CT molecular complexity index is 952. The van der Waals surface area contributed by atoms with Gasteiger partial charge in [-0.05, 0) is 24.5 Å². The SMILES string of the molecule is CCOC(=O)[C@H](C)C[C@H](NC(=O)[C@@H](Cc1ccccc1)NC(=O)OCc1ccccc1)C(N)=O. The lowest BCUT2D eigenvalue weighted by atomic mass is 10.00. The average Bonchev–Trinajstić information content (AvgIpc) is 2.83. The van der Waals surface area contributed by atoms with E-state index in [9.17, 15) is 19.2 Å². The Morgan fingerprint density at radius 1 is 0.853 bits per heavy atom. The molecule has 0 bridgehead atoms. The molecule has 3 amide bonds. The first-order valence-electron chi connectivity index (χ1n) is 11.1. The van der Waals surface area contributed by atoms with Crippen LogP contribution in [-0.4, -0.2) is 42.6 Å². The molecule has 0 spiro atoms. The van der Waals surface area contributed by atoms with Crippen molar-refractivity contribution in [3.63, 3.8) is 0 Å². The third kappa shape index (κ3) is 8.93. The molecule has 0 saturated carbocycles. The second-order valence-electron chi connectivity index (χ2n) is 7.80. The number of benzene rings is 2. The van der Waals surface area contributed by atoms with E-state index < -0.39 is 41.9 Å². The first-order chi connectivity index (χ1) is 16.3. The van der Waals surface area contributed by atoms with Crippen LogP contribution in [0.25, 0.3) is 0 Å². The summed E-state index contributed by atoms with van der Waals surface area (Å²) >= 11 is 0. The Labute approximate surface area is 199 Å². The summed E-state index contributed by atoms with van der Waals surface area (Å²) in [6, 6.07) is 16.0. The lowest BCUT2D eigenvalue weighted by molar-refractivity contribution is -0.148. The molecule has 9 nitrogen and oxygen atoms in total. The number of rotatable bonds is 12. The van der Waals surface area contributed by atoms with Crippen LogP contribution in [0.15, 0.2) is 60.7 Å². The zero-order valence-corrected chi connectivity index (χ0v) is 19.4. The third-order valence-corrected chi connectivity index (χ3v) is 5.04. The lowest BCUT2D eigenvalue weighted by Crippen LogP contribution is -2.54. The molecule has 182 valence electrons. The molecule has 0 fully saturated rings. The van der Waals surface area contributed by atoms with Crippen molar-refractivity contribution in [2.75, 3.05) is 6.61 Å². The Morgan fingerprint density at radius 2 is 1.44 bits per heavy atom. The zero-order chi connectivity index (χ0) is 24.9. The molecule has 3 atom stereocenters. The van der Waals surface area contributed by atoms with E-state index in [4.69, 9.17) is 15.2 Å². The van der Waals surface area contributed by atoms with Gasteiger partial charge in [-0.25, -0.2) is 4.79 Å². The maximum atomic E-state index is 13.0. The van der Waals surface area contributed by atoms with Crippen LogP contribution < -0.4 is 16.4 Å². The van der Waals surface area contributed by atoms with E-state index in [1.54, 1.807) is 13.8 Å². The predicted molar refractivity (Wildman–Crippen MR) is 125 cm³/mol. The van der Waals surface area contributed by atoms with Gasteiger partial charge in [0.15, 0.2) is 0 Å². The minimum atomic E-state index is -1.12. The van der Waals surface area contributed by atoms with Crippen molar-refractivity contribution in [1.29, 1.82) is 0 Å². The summed E-state index contributed by atoms with van der Waals surface area (Å²) in [5, 5.41) is 5.11. The monoisotopic (exact) mass is 469 g/mol. The molecule has 0 aliphatic heterocycles. The Balaban J connectivity index is 2.08. The molecule has 2 rings (SSSR count). The van der Waals surface area contributed by atoms with Crippen LogP contribution in [0.3, 0.4) is 0 Å². The molecule has 9 heteroatoms. The van der Waals surface area contributed by atoms with Crippen molar-refractivity contribution in [3.8, 4) is 0 Å². The van der Waals surface area contributed by atoms with Gasteiger partial charge in [0.25, 0.3) is 0 Å². The van der Waals surface area contributed by atoms with E-state index in [2.05, 4.69) is 10.6 Å². The third-order valence-electron chi connectivity index (χ3n) is 5.04. The minimum absolute atomic E-state index is 0.0313. The van der Waals surface area contributed by atoms with Crippen molar-refractivity contribution in [3.05, 3.63) is 71.8 Å². The van der Waals surface area contributed by atoms with Crippen LogP contribution in [0.1, 0.15) is 31.4 Å². The number of hydrogen-bond acceptors (Lipinski definition) is 6. The van der Waals surface area contributed by atoms with Crippen molar-refractivity contribution in [1.82, 2.24) is 10.6 Å². The number of nitrogens with two attached hydrogens (primary N) is 1. The maximum Gasteiger partial charge on any atom is 0.408 e. The number of alkyl carbamates (subject to hydrolysis) is 1. The van der Waals surface area contributed by atoms with Crippen molar-refractivity contribution in [2.24, 2.45) is 11.7 Å². The number of carbonyl (C=O) groups is 4. The molecule has 0 aliphatic carbocycles. The molecule has 0 aromatic heterocycles. The molecule has 0 saturated heterocycles. The van der Waals surface area contributed by atoms with Crippen LogP contribution >= 0.6 is 0 Å². The smallest absolute Gasteiger partial charge is 0.408 e. The highest BCUT2D eigenvalue weighted by molar-refractivity contribution is 5.91. The zero-order valence-electron chi connectivity index (χ0n) is 19.4. The highest BCUT2D eigenvalue weighted by Gasteiger charge is 2.29. The minimum Gasteiger partial charge on any atom is -0.466 e. The van der Waals surface area contributed by atoms with Crippen LogP contribution in [0.2, 0.25) is 0 Å². The van der Waals surface area contributed by atoms with Gasteiger partial charge >= 0.3 is 12.1 Å². The number of esters is 1. The number of primary amides is 1. The summed E-state index contributed by atoms with van der Waals surface area (Å²) in [6.45, 7) is 3.49. The molecule has 4 N–H and O–H groups in total. The highest BCUT2D eigenvalue weighted by atomic mass is 16.5. The van der Waals surface area contributed by atoms with E-state index in [0.29, 0.717) is 0 Å². The highest BCUT2D eigenvalue weighted by Crippen LogP contribution is 2.10. The van der Waals surface area contributed by atoms with Gasteiger partial charge in [-0.1, -0.05) is 67.6 Å². The van der Waals surface area contributed by atoms with Gasteiger partial charge in [-0.2, -0.15) is 0 Å². The Kier molecular flexibility index (Phi) is 10.6. The van der Waals surface area contributed by atoms with Gasteiger partial charge in [0.1, 0.15) is 18.7 Å². The largest absolute Gasteiger partial charge is 0.466 e. The van der Waals surface area contributed by atoms with Gasteiger partial charge in [0.05, 0.1) is 12.5 Å². The van der Waals surface area contributed by atoms with Crippen LogP contribution in [0, 0.1) is 5.92 Å². The molecular formula is C25H31N3O6.